The van der Waals surface area contributed by atoms with Crippen LogP contribution in [0.2, 0.25) is 5.02 Å². The van der Waals surface area contributed by atoms with Gasteiger partial charge in [-0.25, -0.2) is 0 Å². The Balaban J connectivity index is 0.00000256. The summed E-state index contributed by atoms with van der Waals surface area (Å²) in [6.07, 6.45) is 1.03. The summed E-state index contributed by atoms with van der Waals surface area (Å²) in [6.45, 7) is 3.25. The van der Waals surface area contributed by atoms with Crippen LogP contribution >= 0.6 is 11.6 Å². The molecule has 98 valence electrons. The lowest BCUT2D eigenvalue weighted by Gasteiger charge is -2.07. The van der Waals surface area contributed by atoms with E-state index in [-0.39, 0.29) is 12.4 Å². The first-order chi connectivity index (χ1) is 7.83. The Bertz CT molecular complexity index is 280. The van der Waals surface area contributed by atoms with Gasteiger partial charge in [-0.1, -0.05) is 11.6 Å². The molecule has 0 radical (unpaired) electrons. The zero-order chi connectivity index (χ0) is 11.6. The van der Waals surface area contributed by atoms with Crippen molar-refractivity contribution in [3.63, 3.8) is 0 Å². The molecule has 3 nitrogen and oxygen atoms in total. The number of nitrogens with one attached hydrogen (secondary N) is 1. The number of ether oxygens (including phenoxy) is 2. The highest BCUT2D eigenvalue weighted by molar-refractivity contribution is 6.30. The average Bonchev–Trinajstić information content (AvgIpc) is 2.30. The molecular weight excluding hydrogens is 261 g/mol. The molecule has 0 spiro atoms. The Kier molecular flexibility index (Phi) is 10.4. The Hall–Kier alpha value is -0.480. The van der Waals surface area contributed by atoms with Crippen LogP contribution in [0.25, 0.3) is 0 Å². The summed E-state index contributed by atoms with van der Waals surface area (Å²) in [5.74, 6) is 0.850. The van der Waals surface area contributed by atoms with Crippen molar-refractivity contribution in [3.8, 4) is 5.75 Å². The molecule has 1 aromatic carbocycles. The zero-order valence-electron chi connectivity index (χ0n) is 9.92. The van der Waals surface area contributed by atoms with Crippen LogP contribution < -0.4 is 22.5 Å². The molecule has 0 saturated heterocycles. The first kappa shape index (κ1) is 16.5. The van der Waals surface area contributed by atoms with E-state index < -0.39 is 0 Å². The molecule has 0 heterocycles. The first-order valence-electron chi connectivity index (χ1n) is 5.41. The molecule has 0 aliphatic heterocycles. The third-order valence-corrected chi connectivity index (χ3v) is 2.32. The van der Waals surface area contributed by atoms with Crippen LogP contribution in [0.5, 0.6) is 5.75 Å². The fourth-order valence-corrected chi connectivity index (χ4v) is 1.36. The molecule has 0 atom stereocenters. The Morgan fingerprint density at radius 1 is 1.12 bits per heavy atom. The van der Waals surface area contributed by atoms with Gasteiger partial charge in [-0.05, 0) is 37.2 Å². The Labute approximate surface area is 114 Å². The van der Waals surface area contributed by atoms with Gasteiger partial charge in [-0.15, -0.1) is 0 Å². The van der Waals surface area contributed by atoms with Gasteiger partial charge in [0.2, 0.25) is 0 Å². The van der Waals surface area contributed by atoms with Crippen molar-refractivity contribution < 1.29 is 21.9 Å². The summed E-state index contributed by atoms with van der Waals surface area (Å²) in [4.78, 5) is 0. The van der Waals surface area contributed by atoms with E-state index in [1.165, 1.54) is 0 Å². The topological polar surface area (TPSA) is 30.5 Å². The summed E-state index contributed by atoms with van der Waals surface area (Å²) >= 11 is 5.76. The lowest BCUT2D eigenvalue weighted by atomic mass is 10.3. The number of hydrogen-bond donors (Lipinski definition) is 1. The van der Waals surface area contributed by atoms with Crippen LogP contribution in [0.1, 0.15) is 6.42 Å². The van der Waals surface area contributed by atoms with Crippen LogP contribution in [0.4, 0.5) is 0 Å². The van der Waals surface area contributed by atoms with Crippen molar-refractivity contribution >= 4 is 11.6 Å². The fraction of sp³-hybridized carbons (Fsp3) is 0.500. The lowest BCUT2D eigenvalue weighted by Crippen LogP contribution is -3.00. The minimum atomic E-state index is 0. The molecule has 5 heteroatoms. The molecule has 17 heavy (non-hydrogen) atoms. The standard InChI is InChI=1S/C12H18ClNO2.ClH/c1-15-9-2-7-14-8-10-16-12-5-3-11(13)4-6-12;/h3-6,14H,2,7-10H2,1H3;1H/p-1. The Morgan fingerprint density at radius 3 is 2.47 bits per heavy atom. The SMILES string of the molecule is COCCCNCCOc1ccc(Cl)cc1.[Cl-]. The van der Waals surface area contributed by atoms with E-state index in [4.69, 9.17) is 21.1 Å². The van der Waals surface area contributed by atoms with Crippen molar-refractivity contribution in [1.82, 2.24) is 5.32 Å². The molecule has 1 rings (SSSR count). The summed E-state index contributed by atoms with van der Waals surface area (Å²) in [5, 5.41) is 4.00. The quantitative estimate of drug-likeness (QED) is 0.641. The van der Waals surface area contributed by atoms with E-state index in [1.807, 2.05) is 24.3 Å². The van der Waals surface area contributed by atoms with Crippen LogP contribution in [0, 0.1) is 0 Å². The van der Waals surface area contributed by atoms with Crippen LogP contribution in [0.15, 0.2) is 24.3 Å². The maximum Gasteiger partial charge on any atom is 0.119 e. The number of rotatable bonds is 8. The summed E-state index contributed by atoms with van der Waals surface area (Å²) in [5.41, 5.74) is 0. The van der Waals surface area contributed by atoms with E-state index in [2.05, 4.69) is 5.32 Å². The number of hydrogen-bond acceptors (Lipinski definition) is 3. The van der Waals surface area contributed by atoms with Gasteiger partial charge in [0, 0.05) is 25.3 Å². The van der Waals surface area contributed by atoms with Crippen molar-refractivity contribution in [1.29, 1.82) is 0 Å². The molecule has 0 amide bonds. The van der Waals surface area contributed by atoms with Crippen LogP contribution in [-0.4, -0.2) is 33.4 Å². The highest BCUT2D eigenvalue weighted by atomic mass is 35.5. The lowest BCUT2D eigenvalue weighted by molar-refractivity contribution is -0.00000408. The van der Waals surface area contributed by atoms with Crippen molar-refractivity contribution in [2.24, 2.45) is 0 Å². The van der Waals surface area contributed by atoms with Gasteiger partial charge in [0.1, 0.15) is 12.4 Å². The highest BCUT2D eigenvalue weighted by Crippen LogP contribution is 2.14. The van der Waals surface area contributed by atoms with Crippen LogP contribution in [-0.2, 0) is 4.74 Å². The van der Waals surface area contributed by atoms with Gasteiger partial charge in [0.15, 0.2) is 0 Å². The van der Waals surface area contributed by atoms with Crippen molar-refractivity contribution in [3.05, 3.63) is 29.3 Å². The predicted molar refractivity (Wildman–Crippen MR) is 66.3 cm³/mol. The minimum absolute atomic E-state index is 0. The van der Waals surface area contributed by atoms with Gasteiger partial charge in [0.05, 0.1) is 0 Å². The summed E-state index contributed by atoms with van der Waals surface area (Å²) in [6, 6.07) is 7.38. The molecule has 1 N–H and O–H groups in total. The van der Waals surface area contributed by atoms with E-state index >= 15 is 0 Å². The average molecular weight is 279 g/mol. The van der Waals surface area contributed by atoms with E-state index in [0.29, 0.717) is 6.61 Å². The summed E-state index contributed by atoms with van der Waals surface area (Å²) < 4.78 is 10.5. The largest absolute Gasteiger partial charge is 1.00 e. The smallest absolute Gasteiger partial charge is 0.119 e. The third-order valence-electron chi connectivity index (χ3n) is 2.06. The number of benzene rings is 1. The van der Waals surface area contributed by atoms with Gasteiger partial charge < -0.3 is 27.2 Å². The number of methoxy groups -OCH3 is 1. The molecule has 0 saturated carbocycles. The second-order valence-electron chi connectivity index (χ2n) is 3.40. The molecule has 0 bridgehead atoms. The summed E-state index contributed by atoms with van der Waals surface area (Å²) in [7, 11) is 1.71. The third kappa shape index (κ3) is 8.27. The maximum atomic E-state index is 5.76. The molecule has 0 unspecified atom stereocenters. The maximum absolute atomic E-state index is 5.76. The van der Waals surface area contributed by atoms with E-state index in [0.717, 1.165) is 36.9 Å². The molecule has 0 aliphatic carbocycles. The second kappa shape index (κ2) is 10.7. The minimum Gasteiger partial charge on any atom is -1.00 e. The van der Waals surface area contributed by atoms with Crippen LogP contribution in [0.3, 0.4) is 0 Å². The number of halogens is 2. The molecular formula is C12H18Cl2NO2-. The van der Waals surface area contributed by atoms with Gasteiger partial charge in [0.25, 0.3) is 0 Å². The monoisotopic (exact) mass is 278 g/mol. The second-order valence-corrected chi connectivity index (χ2v) is 3.84. The molecule has 0 aliphatic rings. The van der Waals surface area contributed by atoms with Crippen molar-refractivity contribution in [2.45, 2.75) is 6.42 Å². The molecule has 0 aromatic heterocycles. The highest BCUT2D eigenvalue weighted by Gasteiger charge is 1.93. The zero-order valence-corrected chi connectivity index (χ0v) is 11.4. The van der Waals surface area contributed by atoms with Gasteiger partial charge in [-0.3, -0.25) is 0 Å². The molecule has 0 fully saturated rings. The Morgan fingerprint density at radius 2 is 1.82 bits per heavy atom. The molecule has 1 aromatic rings. The van der Waals surface area contributed by atoms with Gasteiger partial charge >= 0.3 is 0 Å². The predicted octanol–water partition coefficient (Wildman–Crippen LogP) is -0.651. The van der Waals surface area contributed by atoms with E-state index in [1.54, 1.807) is 7.11 Å². The fourth-order valence-electron chi connectivity index (χ4n) is 1.24. The first-order valence-corrected chi connectivity index (χ1v) is 5.79. The van der Waals surface area contributed by atoms with Gasteiger partial charge in [-0.2, -0.15) is 0 Å². The van der Waals surface area contributed by atoms with E-state index in [9.17, 15) is 0 Å². The van der Waals surface area contributed by atoms with Crippen molar-refractivity contribution in [2.75, 3.05) is 33.4 Å². The normalized spacial score (nSPS) is 9.76.